The van der Waals surface area contributed by atoms with Gasteiger partial charge in [0.15, 0.2) is 16.6 Å². The predicted octanol–water partition coefficient (Wildman–Crippen LogP) is 8.55. The maximum absolute atomic E-state index is 14.3. The summed E-state index contributed by atoms with van der Waals surface area (Å²) >= 11 is 13.0. The molecule has 0 spiro atoms. The molecule has 2 aromatic heterocycles. The van der Waals surface area contributed by atoms with Crippen molar-refractivity contribution in [1.82, 2.24) is 9.96 Å². The topological polar surface area (TPSA) is 248 Å². The molecule has 5 N–H and O–H groups in total. The van der Waals surface area contributed by atoms with E-state index in [4.69, 9.17) is 55.0 Å². The number of aliphatic hydroxyl groups excluding tert-OH is 1. The van der Waals surface area contributed by atoms with Crippen LogP contribution in [0, 0.1) is 0 Å². The van der Waals surface area contributed by atoms with E-state index in [9.17, 15) is 43.8 Å². The lowest BCUT2D eigenvalue weighted by Gasteiger charge is -2.37. The number of β-amino-alcohol motifs (C(OH)–C–C–N with tert-alkyl or cyclic N) is 1. The summed E-state index contributed by atoms with van der Waals surface area (Å²) in [7, 11) is -7.65. The molecule has 2 fully saturated rings. The second-order valence-electron chi connectivity index (χ2n) is 16.0. The fourth-order valence-electron chi connectivity index (χ4n) is 8.74. The normalized spacial score (nSPS) is 19.8. The molecular formula is C45H46Cl2N2O16P2. The standard InChI is InChI=1S/C45H46Cl2N2O16P2/c1-4-59-67(58,60-5-2)65-38-21-32(52)42-31(51)18-35(24-10-6-8-12-28(24)46)62-45(42)41(38)26-15-17-49(22-34(26)54)63-37-20-30(50)40(27-14-16-48(3)23-39(27)64-66(55,56)57)44-43(37)33(53)19-36(61-44)25-11-7-9-13-29(25)47/h6-13,18-21,26-27,34,39,50,52,54H,4-5,14-17,22-23H2,1-3H3,(H2,55,56,57)/t26-,27-,34+,39+/m0/s1. The lowest BCUT2D eigenvalue weighted by molar-refractivity contribution is -0.111. The molecule has 356 valence electrons. The molecule has 0 saturated carbocycles. The van der Waals surface area contributed by atoms with Crippen molar-refractivity contribution in [3.8, 4) is 45.6 Å². The maximum Gasteiger partial charge on any atom is 0.530 e. The Morgan fingerprint density at radius 3 is 1.85 bits per heavy atom. The molecule has 18 nitrogen and oxygen atoms in total. The van der Waals surface area contributed by atoms with E-state index in [1.165, 1.54) is 23.3 Å². The Morgan fingerprint density at radius 1 is 0.731 bits per heavy atom. The molecule has 0 radical (unpaired) electrons. The third-order valence-electron chi connectivity index (χ3n) is 11.6. The van der Waals surface area contributed by atoms with Crippen LogP contribution in [0.2, 0.25) is 10.0 Å². The van der Waals surface area contributed by atoms with Crippen LogP contribution >= 0.6 is 38.8 Å². The molecule has 2 aliphatic rings. The minimum absolute atomic E-state index is 0.00671. The van der Waals surface area contributed by atoms with Gasteiger partial charge in [-0.25, -0.2) is 9.13 Å². The Hall–Kier alpha value is -4.78. The smallest absolute Gasteiger partial charge is 0.507 e. The summed E-state index contributed by atoms with van der Waals surface area (Å²) in [5, 5.41) is 36.7. The highest BCUT2D eigenvalue weighted by atomic mass is 35.5. The Kier molecular flexibility index (Phi) is 14.3. The summed E-state index contributed by atoms with van der Waals surface area (Å²) in [5.74, 6) is -3.22. The number of piperidine rings is 2. The van der Waals surface area contributed by atoms with Crippen molar-refractivity contribution in [3.05, 3.63) is 114 Å². The molecule has 4 heterocycles. The van der Waals surface area contributed by atoms with Crippen LogP contribution in [0.5, 0.6) is 23.0 Å². The number of hydrogen-bond donors (Lipinski definition) is 5. The lowest BCUT2D eigenvalue weighted by atomic mass is 9.85. The Morgan fingerprint density at radius 2 is 1.28 bits per heavy atom. The van der Waals surface area contributed by atoms with Crippen LogP contribution in [0.25, 0.3) is 44.6 Å². The molecular weight excluding hydrogens is 957 g/mol. The van der Waals surface area contributed by atoms with Crippen molar-refractivity contribution >= 4 is 60.8 Å². The average Bonchev–Trinajstić information content (AvgIpc) is 3.24. The second-order valence-corrected chi connectivity index (χ2v) is 19.6. The van der Waals surface area contributed by atoms with Crippen molar-refractivity contribution in [1.29, 1.82) is 0 Å². The summed E-state index contributed by atoms with van der Waals surface area (Å²) in [5.41, 5.74) is -0.784. The number of likely N-dealkylation sites (N-methyl/N-ethyl adjacent to an activating group) is 1. The first-order valence-electron chi connectivity index (χ1n) is 21.2. The summed E-state index contributed by atoms with van der Waals surface area (Å²) in [6.45, 7) is 3.22. The van der Waals surface area contributed by atoms with Crippen LogP contribution in [0.15, 0.2) is 91.2 Å². The van der Waals surface area contributed by atoms with Crippen molar-refractivity contribution in [2.75, 3.05) is 46.4 Å². The van der Waals surface area contributed by atoms with Crippen molar-refractivity contribution < 1.29 is 66.0 Å². The van der Waals surface area contributed by atoms with E-state index in [0.29, 0.717) is 17.7 Å². The first-order chi connectivity index (χ1) is 31.9. The number of phosphoric acid groups is 2. The van der Waals surface area contributed by atoms with Crippen LogP contribution in [-0.4, -0.2) is 93.7 Å². The maximum atomic E-state index is 14.3. The van der Waals surface area contributed by atoms with E-state index in [0.717, 1.165) is 6.07 Å². The fraction of sp³-hybridized carbons (Fsp3) is 0.333. The minimum Gasteiger partial charge on any atom is -0.507 e. The van der Waals surface area contributed by atoms with Gasteiger partial charge in [-0.1, -0.05) is 47.5 Å². The van der Waals surface area contributed by atoms with Crippen molar-refractivity contribution in [2.45, 2.75) is 50.7 Å². The number of hydrogen-bond acceptors (Lipinski definition) is 16. The largest absolute Gasteiger partial charge is 0.530 e. The number of aliphatic hydroxyl groups is 1. The zero-order valence-corrected chi connectivity index (χ0v) is 39.5. The van der Waals surface area contributed by atoms with Crippen LogP contribution < -0.4 is 20.2 Å². The van der Waals surface area contributed by atoms with Gasteiger partial charge in [-0.2, -0.15) is 0 Å². The number of benzene rings is 4. The molecule has 6 aromatic rings. The number of phenols is 2. The molecule has 0 unspecified atom stereocenters. The van der Waals surface area contributed by atoms with Gasteiger partial charge < -0.3 is 48.2 Å². The third kappa shape index (κ3) is 10.2. The minimum atomic E-state index is -5.04. The first kappa shape index (κ1) is 48.7. The first-order valence-corrected chi connectivity index (χ1v) is 24.9. The second kappa shape index (κ2) is 19.7. The highest BCUT2D eigenvalue weighted by molar-refractivity contribution is 7.49. The highest BCUT2D eigenvalue weighted by Gasteiger charge is 2.41. The Bertz CT molecular complexity index is 3060. The van der Waals surface area contributed by atoms with Gasteiger partial charge in [-0.05, 0) is 64.5 Å². The summed E-state index contributed by atoms with van der Waals surface area (Å²) in [6, 6.07) is 17.9. The van der Waals surface area contributed by atoms with E-state index in [2.05, 4.69) is 0 Å². The van der Waals surface area contributed by atoms with Crippen LogP contribution in [0.1, 0.15) is 49.7 Å². The van der Waals surface area contributed by atoms with E-state index < -0.39 is 62.0 Å². The van der Waals surface area contributed by atoms with Gasteiger partial charge in [0.05, 0.1) is 42.0 Å². The molecule has 0 aliphatic carbocycles. The van der Waals surface area contributed by atoms with E-state index in [1.54, 1.807) is 69.4 Å². The Balaban J connectivity index is 1.21. The summed E-state index contributed by atoms with van der Waals surface area (Å²) in [4.78, 5) is 56.0. The number of aromatic hydroxyl groups is 2. The van der Waals surface area contributed by atoms with E-state index in [-0.39, 0.29) is 112 Å². The predicted molar refractivity (Wildman–Crippen MR) is 248 cm³/mol. The lowest BCUT2D eigenvalue weighted by Crippen LogP contribution is -2.44. The van der Waals surface area contributed by atoms with Crippen LogP contribution in [-0.2, 0) is 22.7 Å². The number of phosphoric ester groups is 2. The fourth-order valence-corrected chi connectivity index (χ4v) is 11.0. The number of halogens is 2. The molecule has 4 aromatic carbocycles. The van der Waals surface area contributed by atoms with E-state index >= 15 is 0 Å². The van der Waals surface area contributed by atoms with Crippen LogP contribution in [0.4, 0.5) is 0 Å². The zero-order valence-electron chi connectivity index (χ0n) is 36.2. The van der Waals surface area contributed by atoms with Gasteiger partial charge in [0.1, 0.15) is 50.7 Å². The van der Waals surface area contributed by atoms with Gasteiger partial charge in [-0.3, -0.25) is 23.2 Å². The molecule has 8 rings (SSSR count). The molecule has 22 heteroatoms. The third-order valence-corrected chi connectivity index (χ3v) is 14.3. The SMILES string of the molecule is CCOP(=O)(OCC)Oc1cc(O)c2c(=O)cc(-c3ccccc3Cl)oc2c1[C@H]1CCN(Oc2cc(O)c([C@H]3CCN(C)C[C@H]3OP(=O)(O)O)c3oc(-c4ccccc4Cl)cc(=O)c23)C[C@H]1O. The van der Waals surface area contributed by atoms with Crippen molar-refractivity contribution in [2.24, 2.45) is 0 Å². The molecule has 2 saturated heterocycles. The van der Waals surface area contributed by atoms with Gasteiger partial charge >= 0.3 is 15.6 Å². The molecule has 67 heavy (non-hydrogen) atoms. The monoisotopic (exact) mass is 1000 g/mol. The molecule has 0 bridgehead atoms. The quantitative estimate of drug-likeness (QED) is 0.0641. The zero-order chi connectivity index (χ0) is 47.9. The number of hydroxylamine groups is 2. The number of rotatable bonds is 14. The number of nitrogens with zero attached hydrogens (tertiary/aromatic N) is 2. The van der Waals surface area contributed by atoms with E-state index in [1.807, 2.05) is 4.90 Å². The van der Waals surface area contributed by atoms with Gasteiger partial charge in [0, 0.05) is 71.4 Å². The van der Waals surface area contributed by atoms with Gasteiger partial charge in [0.2, 0.25) is 0 Å². The van der Waals surface area contributed by atoms with Gasteiger partial charge in [-0.15, -0.1) is 5.06 Å². The Labute approximate surface area is 392 Å². The highest BCUT2D eigenvalue weighted by Crippen LogP contribution is 2.54. The van der Waals surface area contributed by atoms with Crippen molar-refractivity contribution in [3.63, 3.8) is 0 Å². The molecule has 0 amide bonds. The van der Waals surface area contributed by atoms with Gasteiger partial charge in [0.25, 0.3) is 0 Å². The molecule has 4 atom stereocenters. The summed E-state index contributed by atoms with van der Waals surface area (Å²) < 4.78 is 60.8. The number of likely N-dealkylation sites (tertiary alicyclic amines) is 1. The number of fused-ring (bicyclic) bond motifs is 2. The average molecular weight is 1000 g/mol. The van der Waals surface area contributed by atoms with Crippen LogP contribution in [0.3, 0.4) is 0 Å². The summed E-state index contributed by atoms with van der Waals surface area (Å²) in [6.07, 6.45) is -2.26. The number of phenolic OH excluding ortho intramolecular Hbond substituents is 2. The molecule has 2 aliphatic heterocycles.